The molecular weight excluding hydrogens is 513 g/mol. The molecule has 0 spiro atoms. The van der Waals surface area contributed by atoms with Crippen LogP contribution in [0, 0.1) is 0 Å². The maximum Gasteiger partial charge on any atom is 0.237 e. The number of hydrogen-bond acceptors (Lipinski definition) is 10. The minimum Gasteiger partial charge on any atom is -0.497 e. The number of ether oxygens (including phenoxy) is 2. The van der Waals surface area contributed by atoms with Crippen LogP contribution in [0.15, 0.2) is 36.9 Å². The Hall–Kier alpha value is -2.74. The third kappa shape index (κ3) is 5.80. The minimum absolute atomic E-state index is 0. The number of fused-ring (bicyclic) bond motifs is 1. The monoisotopic (exact) mass is 543 g/mol. The predicted molar refractivity (Wildman–Crippen MR) is 138 cm³/mol. The summed E-state index contributed by atoms with van der Waals surface area (Å²) >= 11 is 0. The Kier molecular flexibility index (Phi) is 10.2. The summed E-state index contributed by atoms with van der Waals surface area (Å²) in [6, 6.07) is 5.52. The molecule has 1 aliphatic rings. The highest BCUT2D eigenvalue weighted by Crippen LogP contribution is 2.32. The zero-order valence-corrected chi connectivity index (χ0v) is 21.6. The van der Waals surface area contributed by atoms with Crippen LogP contribution < -0.4 is 20.7 Å². The fraction of sp³-hybridized carbons (Fsp3) is 0.455. The molecule has 5 N–H and O–H groups in total. The molecule has 1 aromatic carbocycles. The Morgan fingerprint density at radius 2 is 1.94 bits per heavy atom. The average molecular weight is 544 g/mol. The second-order valence-corrected chi connectivity index (χ2v) is 8.35. The number of aromatic nitrogens is 4. The van der Waals surface area contributed by atoms with Gasteiger partial charge in [-0.3, -0.25) is 9.36 Å². The minimum atomic E-state index is -1.18. The van der Waals surface area contributed by atoms with Crippen LogP contribution in [0.25, 0.3) is 11.2 Å². The van der Waals surface area contributed by atoms with Crippen LogP contribution in [0.2, 0.25) is 0 Å². The number of rotatable bonds is 8. The van der Waals surface area contributed by atoms with Crippen LogP contribution >= 0.6 is 24.8 Å². The van der Waals surface area contributed by atoms with Crippen LogP contribution in [0.4, 0.5) is 5.82 Å². The van der Waals surface area contributed by atoms with E-state index in [9.17, 15) is 15.0 Å². The molecule has 0 bridgehead atoms. The summed E-state index contributed by atoms with van der Waals surface area (Å²) in [5.74, 6) is 0.861. The Morgan fingerprint density at radius 3 is 2.56 bits per heavy atom. The lowest BCUT2D eigenvalue weighted by Gasteiger charge is -2.23. The number of methoxy groups -OCH3 is 1. The number of aliphatic hydroxyl groups is 2. The molecule has 12 nitrogen and oxygen atoms in total. The van der Waals surface area contributed by atoms with E-state index in [1.807, 2.05) is 26.2 Å². The molecule has 4 rings (SSSR count). The third-order valence-electron chi connectivity index (χ3n) is 5.85. The molecule has 4 unspecified atom stereocenters. The highest BCUT2D eigenvalue weighted by Gasteiger charge is 2.46. The first kappa shape index (κ1) is 29.5. The number of amides is 1. The normalized spacial score (nSPS) is 21.8. The summed E-state index contributed by atoms with van der Waals surface area (Å²) in [7, 11) is 5.25. The second kappa shape index (κ2) is 12.5. The number of nitrogens with two attached hydrogens (primary N) is 1. The number of imidazole rings is 1. The van der Waals surface area contributed by atoms with E-state index in [4.69, 9.17) is 15.2 Å². The zero-order chi connectivity index (χ0) is 24.4. The first-order valence-corrected chi connectivity index (χ1v) is 10.8. The number of halogens is 2. The van der Waals surface area contributed by atoms with Crippen molar-refractivity contribution in [3.05, 3.63) is 42.5 Å². The summed E-state index contributed by atoms with van der Waals surface area (Å²) in [4.78, 5) is 27.5. The van der Waals surface area contributed by atoms with Crippen molar-refractivity contribution in [1.82, 2.24) is 24.8 Å². The van der Waals surface area contributed by atoms with Gasteiger partial charge in [-0.15, -0.1) is 24.8 Å². The summed E-state index contributed by atoms with van der Waals surface area (Å²) in [5, 5.41) is 23.6. The molecule has 0 aliphatic carbocycles. The molecule has 14 heteroatoms. The van der Waals surface area contributed by atoms with Crippen molar-refractivity contribution in [3.8, 4) is 5.75 Å². The lowest BCUT2D eigenvalue weighted by atomic mass is 10.0. The van der Waals surface area contributed by atoms with Crippen molar-refractivity contribution < 1.29 is 24.5 Å². The van der Waals surface area contributed by atoms with E-state index in [0.29, 0.717) is 29.2 Å². The van der Waals surface area contributed by atoms with Crippen LogP contribution in [0.1, 0.15) is 11.8 Å². The fourth-order valence-electron chi connectivity index (χ4n) is 4.04. The van der Waals surface area contributed by atoms with Gasteiger partial charge in [0.05, 0.1) is 32.1 Å². The topological polar surface area (TPSA) is 161 Å². The molecule has 3 aromatic rings. The van der Waals surface area contributed by atoms with Crippen LogP contribution in [-0.4, -0.2) is 87.7 Å². The van der Waals surface area contributed by atoms with Gasteiger partial charge in [0.25, 0.3) is 0 Å². The largest absolute Gasteiger partial charge is 0.497 e. The Balaban J connectivity index is 0.00000228. The van der Waals surface area contributed by atoms with E-state index in [1.165, 1.54) is 12.7 Å². The van der Waals surface area contributed by atoms with Gasteiger partial charge >= 0.3 is 0 Å². The number of nitrogens with zero attached hydrogens (tertiary/aromatic N) is 5. The van der Waals surface area contributed by atoms with E-state index in [1.54, 1.807) is 28.7 Å². The lowest BCUT2D eigenvalue weighted by molar-refractivity contribution is -0.124. The summed E-state index contributed by atoms with van der Waals surface area (Å²) < 4.78 is 12.6. The molecule has 198 valence electrons. The number of carbonyl (C=O) groups excluding carboxylic acids is 1. The van der Waals surface area contributed by atoms with E-state index in [2.05, 4.69) is 20.3 Å². The van der Waals surface area contributed by atoms with Gasteiger partial charge in [-0.25, -0.2) is 15.0 Å². The number of anilines is 1. The molecule has 0 saturated carbocycles. The molecule has 1 amide bonds. The van der Waals surface area contributed by atoms with Crippen LogP contribution in [-0.2, 0) is 16.0 Å². The summed E-state index contributed by atoms with van der Waals surface area (Å²) in [5.41, 5.74) is 7.98. The van der Waals surface area contributed by atoms with E-state index < -0.39 is 43.0 Å². The first-order chi connectivity index (χ1) is 16.3. The number of hydrogen-bond donors (Lipinski definition) is 4. The maximum absolute atomic E-state index is 12.8. The highest BCUT2D eigenvalue weighted by atomic mass is 35.5. The molecule has 5 atom stereocenters. The molecule has 1 aliphatic heterocycles. The molecule has 1 fully saturated rings. The molecule has 2 aromatic heterocycles. The first-order valence-electron chi connectivity index (χ1n) is 10.8. The van der Waals surface area contributed by atoms with Gasteiger partial charge in [0.2, 0.25) is 5.91 Å². The van der Waals surface area contributed by atoms with E-state index in [0.717, 1.165) is 5.56 Å². The molecule has 36 heavy (non-hydrogen) atoms. The quantitative estimate of drug-likeness (QED) is 0.305. The predicted octanol–water partition coefficient (Wildman–Crippen LogP) is 0.0499. The fourth-order valence-corrected chi connectivity index (χ4v) is 4.04. The lowest BCUT2D eigenvalue weighted by Crippen LogP contribution is -2.53. The van der Waals surface area contributed by atoms with E-state index in [-0.39, 0.29) is 24.8 Å². The smallest absolute Gasteiger partial charge is 0.237 e. The van der Waals surface area contributed by atoms with Crippen molar-refractivity contribution in [2.45, 2.75) is 36.9 Å². The van der Waals surface area contributed by atoms with Crippen molar-refractivity contribution in [1.29, 1.82) is 0 Å². The van der Waals surface area contributed by atoms with Gasteiger partial charge in [-0.05, 0) is 24.1 Å². The summed E-state index contributed by atoms with van der Waals surface area (Å²) in [6.45, 7) is -0.406. The van der Waals surface area contributed by atoms with Gasteiger partial charge in [-0.1, -0.05) is 12.1 Å². The average Bonchev–Trinajstić information content (AvgIpc) is 3.40. The van der Waals surface area contributed by atoms with Gasteiger partial charge in [0, 0.05) is 14.1 Å². The Bertz CT molecular complexity index is 1150. The Morgan fingerprint density at radius 1 is 1.25 bits per heavy atom. The number of benzene rings is 1. The molecular formula is C22H31Cl2N7O5. The van der Waals surface area contributed by atoms with Gasteiger partial charge in [-0.2, -0.15) is 0 Å². The maximum atomic E-state index is 12.8. The number of nitrogens with one attached hydrogen (secondary N) is 1. The molecule has 1 saturated heterocycles. The van der Waals surface area contributed by atoms with Crippen LogP contribution in [0.5, 0.6) is 5.75 Å². The second-order valence-electron chi connectivity index (χ2n) is 8.35. The highest BCUT2D eigenvalue weighted by molar-refractivity contribution is 5.86. The standard InChI is InChI=1S/C22H29N7O5.2ClH/c1-28(2)19-17-20(25-10-24-19)29(11-26-17)22-18(31)16(15(9-30)34-22)27-21(32)14(23)8-12-4-6-13(33-3)7-5-12;;/h4-7,10-11,14-16,18,22,30-31H,8-9,23H2,1-3H3,(H,27,32);2*1H/t14-,15?,16?,18?,22?;;/m0../s1. The van der Waals surface area contributed by atoms with Crippen molar-refractivity contribution in [3.63, 3.8) is 0 Å². The van der Waals surface area contributed by atoms with Gasteiger partial charge < -0.3 is 35.6 Å². The number of carbonyl (C=O) groups is 1. The van der Waals surface area contributed by atoms with Crippen molar-refractivity contribution >= 4 is 47.7 Å². The van der Waals surface area contributed by atoms with E-state index >= 15 is 0 Å². The van der Waals surface area contributed by atoms with Gasteiger partial charge in [0.1, 0.15) is 24.3 Å². The molecule has 3 heterocycles. The van der Waals surface area contributed by atoms with Crippen molar-refractivity contribution in [2.75, 3.05) is 32.7 Å². The molecule has 0 radical (unpaired) electrons. The zero-order valence-electron chi connectivity index (χ0n) is 20.0. The van der Waals surface area contributed by atoms with Crippen molar-refractivity contribution in [2.24, 2.45) is 5.73 Å². The summed E-state index contributed by atoms with van der Waals surface area (Å²) in [6.07, 6.45) is 0.250. The Labute approximate surface area is 220 Å². The SMILES string of the molecule is COc1ccc(C[C@H](N)C(=O)NC2C(CO)OC(n3cnc4c(N(C)C)ncnc43)C2O)cc1.Cl.Cl. The number of aliphatic hydroxyl groups excluding tert-OH is 2. The van der Waals surface area contributed by atoms with Crippen LogP contribution in [0.3, 0.4) is 0 Å². The third-order valence-corrected chi connectivity index (χ3v) is 5.85. The van der Waals surface area contributed by atoms with Gasteiger partial charge in [0.15, 0.2) is 23.2 Å².